The lowest BCUT2D eigenvalue weighted by Crippen LogP contribution is -2.52. The standard InChI is InChI=1S/C32H39BrF3N10O2P/c1-5-20-18-25(30(48-32(34,35)36)43-29(20)46-12-8-21(9-13-46)45-16-14-44(2)15-17-45)41-31-39-19-22(33)28(42-31)40-24-7-6-23-26(38-11-10-37-23)27(24)49(3,4)47/h6-7,10-11,18-19,21H,5,8-9,12-17H2,1-4H3,(H2,39,40,41,42). The summed E-state index contributed by atoms with van der Waals surface area (Å²) in [6, 6.07) is 5.57. The number of benzene rings is 1. The molecule has 0 spiro atoms. The molecule has 12 nitrogen and oxygen atoms in total. The van der Waals surface area contributed by atoms with Crippen LogP contribution in [0.25, 0.3) is 11.0 Å². The highest BCUT2D eigenvalue weighted by molar-refractivity contribution is 9.10. The smallest absolute Gasteiger partial charge is 0.385 e. The summed E-state index contributed by atoms with van der Waals surface area (Å²) in [6.45, 7) is 10.7. The Balaban J connectivity index is 1.28. The van der Waals surface area contributed by atoms with Gasteiger partial charge in [0.25, 0.3) is 0 Å². The van der Waals surface area contributed by atoms with Crippen molar-refractivity contribution in [1.82, 2.24) is 34.7 Å². The van der Waals surface area contributed by atoms with Crippen LogP contribution in [0.4, 0.5) is 42.1 Å². The van der Waals surface area contributed by atoms with Crippen molar-refractivity contribution in [3.8, 4) is 5.88 Å². The van der Waals surface area contributed by atoms with E-state index in [0.717, 1.165) is 44.6 Å². The van der Waals surface area contributed by atoms with Gasteiger partial charge in [-0.1, -0.05) is 6.92 Å². The Morgan fingerprint density at radius 3 is 2.37 bits per heavy atom. The van der Waals surface area contributed by atoms with Crippen molar-refractivity contribution in [2.75, 3.05) is 75.2 Å². The summed E-state index contributed by atoms with van der Waals surface area (Å²) in [4.78, 5) is 28.9. The molecule has 5 heterocycles. The number of hydrogen-bond donors (Lipinski definition) is 2. The molecule has 2 saturated heterocycles. The van der Waals surface area contributed by atoms with E-state index in [2.05, 4.69) is 78.0 Å². The number of aromatic nitrogens is 5. The second kappa shape index (κ2) is 14.3. The third-order valence-corrected chi connectivity index (χ3v) is 11.0. The fraction of sp³-hybridized carbons (Fsp3) is 0.469. The van der Waals surface area contributed by atoms with Gasteiger partial charge in [-0.15, -0.1) is 13.2 Å². The van der Waals surface area contributed by atoms with Crippen LogP contribution in [0, 0.1) is 0 Å². The molecule has 17 heteroatoms. The number of halogens is 4. The maximum absolute atomic E-state index is 13.7. The number of alkyl halides is 3. The van der Waals surface area contributed by atoms with Gasteiger partial charge < -0.3 is 29.7 Å². The number of ether oxygens (including phenoxy) is 1. The molecule has 2 N–H and O–H groups in total. The Morgan fingerprint density at radius 1 is 0.980 bits per heavy atom. The van der Waals surface area contributed by atoms with E-state index in [1.54, 1.807) is 37.7 Å². The lowest BCUT2D eigenvalue weighted by Gasteiger charge is -2.42. The first-order chi connectivity index (χ1) is 23.3. The van der Waals surface area contributed by atoms with Crippen molar-refractivity contribution < 1.29 is 22.5 Å². The first-order valence-corrected chi connectivity index (χ1v) is 19.5. The summed E-state index contributed by atoms with van der Waals surface area (Å²) < 4.78 is 59.5. The highest BCUT2D eigenvalue weighted by atomic mass is 79.9. The highest BCUT2D eigenvalue weighted by Crippen LogP contribution is 2.42. The van der Waals surface area contributed by atoms with Crippen LogP contribution in [0.1, 0.15) is 25.3 Å². The van der Waals surface area contributed by atoms with Crippen molar-refractivity contribution in [2.24, 2.45) is 0 Å². The average Bonchev–Trinajstić information content (AvgIpc) is 3.06. The van der Waals surface area contributed by atoms with Crippen LogP contribution in [0.15, 0.2) is 41.3 Å². The number of nitrogens with zero attached hydrogens (tertiary/aromatic N) is 8. The third-order valence-electron chi connectivity index (χ3n) is 8.85. The molecule has 2 aliphatic rings. The van der Waals surface area contributed by atoms with Gasteiger partial charge in [0.05, 0.1) is 21.0 Å². The number of rotatable bonds is 9. The SMILES string of the molecule is CCc1cc(Nc2ncc(Br)c(Nc3ccc4nccnc4c3P(C)(C)=O)n2)c(OC(F)(F)F)nc1N1CCC(N2CCN(C)CC2)CC1. The quantitative estimate of drug-likeness (QED) is 0.195. The number of likely N-dealkylation sites (N-methyl/N-ethyl adjacent to an activating group) is 1. The predicted octanol–water partition coefficient (Wildman–Crippen LogP) is 5.99. The van der Waals surface area contributed by atoms with E-state index in [4.69, 9.17) is 0 Å². The maximum atomic E-state index is 13.7. The van der Waals surface area contributed by atoms with E-state index >= 15 is 0 Å². The van der Waals surface area contributed by atoms with Crippen LogP contribution in [0.3, 0.4) is 0 Å². The number of fused-ring (bicyclic) bond motifs is 1. The van der Waals surface area contributed by atoms with Gasteiger partial charge >= 0.3 is 6.36 Å². The molecule has 3 aromatic heterocycles. The zero-order valence-corrected chi connectivity index (χ0v) is 30.2. The highest BCUT2D eigenvalue weighted by Gasteiger charge is 2.35. The largest absolute Gasteiger partial charge is 0.574 e. The summed E-state index contributed by atoms with van der Waals surface area (Å²) in [5.74, 6) is 0.159. The molecule has 1 aromatic carbocycles. The van der Waals surface area contributed by atoms with Crippen LogP contribution in [-0.2, 0) is 11.0 Å². The van der Waals surface area contributed by atoms with Crippen LogP contribution >= 0.6 is 23.1 Å². The number of aryl methyl sites for hydroxylation is 1. The van der Waals surface area contributed by atoms with Crippen molar-refractivity contribution >= 4 is 68.4 Å². The molecule has 0 bridgehead atoms. The Labute approximate surface area is 291 Å². The number of hydrogen-bond acceptors (Lipinski definition) is 12. The fourth-order valence-electron chi connectivity index (χ4n) is 6.40. The van der Waals surface area contributed by atoms with Crippen molar-refractivity contribution in [2.45, 2.75) is 38.6 Å². The second-order valence-corrected chi connectivity index (χ2v) is 16.7. The number of piperazine rings is 1. The minimum absolute atomic E-state index is 0.000582. The summed E-state index contributed by atoms with van der Waals surface area (Å²) >= 11 is 3.45. The van der Waals surface area contributed by atoms with Crippen LogP contribution in [-0.4, -0.2) is 107 Å². The van der Waals surface area contributed by atoms with E-state index in [9.17, 15) is 17.7 Å². The number of nitrogens with one attached hydrogen (secondary N) is 2. The van der Waals surface area contributed by atoms with E-state index < -0.39 is 19.4 Å². The van der Waals surface area contributed by atoms with Gasteiger partial charge in [-0.3, -0.25) is 14.9 Å². The van der Waals surface area contributed by atoms with Gasteiger partial charge in [-0.05, 0) is 79.3 Å². The Morgan fingerprint density at radius 2 is 1.69 bits per heavy atom. The van der Waals surface area contributed by atoms with Gasteiger partial charge in [-0.2, -0.15) is 9.97 Å². The first kappa shape index (κ1) is 35.2. The van der Waals surface area contributed by atoms with Crippen LogP contribution in [0.2, 0.25) is 0 Å². The molecule has 2 aliphatic heterocycles. The van der Waals surface area contributed by atoms with Gasteiger partial charge in [0.2, 0.25) is 11.8 Å². The minimum Gasteiger partial charge on any atom is -0.385 e. The molecule has 262 valence electrons. The van der Waals surface area contributed by atoms with Crippen LogP contribution in [0.5, 0.6) is 5.88 Å². The molecular weight excluding hydrogens is 724 g/mol. The Bertz CT molecular complexity index is 1860. The van der Waals surface area contributed by atoms with E-state index in [1.165, 1.54) is 12.4 Å². The molecule has 4 aromatic rings. The van der Waals surface area contributed by atoms with Gasteiger partial charge in [0.1, 0.15) is 30.0 Å². The molecule has 0 aliphatic carbocycles. The van der Waals surface area contributed by atoms with Gasteiger partial charge in [0, 0.05) is 63.9 Å². The lowest BCUT2D eigenvalue weighted by atomic mass is 10.0. The van der Waals surface area contributed by atoms with Gasteiger partial charge in [0.15, 0.2) is 0 Å². The predicted molar refractivity (Wildman–Crippen MR) is 190 cm³/mol. The molecule has 49 heavy (non-hydrogen) atoms. The number of piperidine rings is 1. The van der Waals surface area contributed by atoms with E-state index in [-0.39, 0.29) is 17.5 Å². The number of anilines is 5. The van der Waals surface area contributed by atoms with Gasteiger partial charge in [-0.25, -0.2) is 4.98 Å². The maximum Gasteiger partial charge on any atom is 0.574 e. The van der Waals surface area contributed by atoms with Crippen LogP contribution < -0.4 is 25.6 Å². The third kappa shape index (κ3) is 8.25. The lowest BCUT2D eigenvalue weighted by molar-refractivity contribution is -0.275. The Hall–Kier alpha value is -3.59. The van der Waals surface area contributed by atoms with Crippen molar-refractivity contribution in [3.05, 3.63) is 46.8 Å². The minimum atomic E-state index is -4.97. The summed E-state index contributed by atoms with van der Waals surface area (Å²) in [5, 5.41) is 6.61. The Kier molecular flexibility index (Phi) is 10.3. The molecular formula is C32H39BrF3N10O2P. The molecule has 2 fully saturated rings. The molecule has 0 radical (unpaired) electrons. The first-order valence-electron chi connectivity index (χ1n) is 16.1. The van der Waals surface area contributed by atoms with Crippen molar-refractivity contribution in [1.29, 1.82) is 0 Å². The van der Waals surface area contributed by atoms with E-state index in [1.807, 2.05) is 6.92 Å². The molecule has 0 saturated carbocycles. The second-order valence-electron chi connectivity index (χ2n) is 12.7. The molecule has 0 unspecified atom stereocenters. The molecule has 0 atom stereocenters. The topological polar surface area (TPSA) is 125 Å². The number of pyridine rings is 1. The zero-order chi connectivity index (χ0) is 34.9. The summed E-state index contributed by atoms with van der Waals surface area (Å²) in [7, 11) is -0.734. The summed E-state index contributed by atoms with van der Waals surface area (Å²) in [5.41, 5.74) is 2.35. The molecule has 6 rings (SSSR count). The zero-order valence-electron chi connectivity index (χ0n) is 27.8. The van der Waals surface area contributed by atoms with E-state index in [0.29, 0.717) is 57.9 Å². The summed E-state index contributed by atoms with van der Waals surface area (Å²) in [6.07, 6.45) is 1.94. The normalized spacial score (nSPS) is 17.0. The molecule has 0 amide bonds. The van der Waals surface area contributed by atoms with Crippen molar-refractivity contribution in [3.63, 3.8) is 0 Å². The fourth-order valence-corrected chi connectivity index (χ4v) is 8.08. The average molecular weight is 764 g/mol. The monoisotopic (exact) mass is 762 g/mol.